The fourth-order valence-electron chi connectivity index (χ4n) is 3.79. The summed E-state index contributed by atoms with van der Waals surface area (Å²) in [5.41, 5.74) is -3.69. The first kappa shape index (κ1) is 21.2. The topological polar surface area (TPSA) is 104 Å². The molecule has 0 aromatic carbocycles. The number of aromatic nitrogens is 3. The first-order chi connectivity index (χ1) is 14.5. The van der Waals surface area contributed by atoms with Crippen molar-refractivity contribution in [3.05, 3.63) is 28.2 Å². The van der Waals surface area contributed by atoms with Gasteiger partial charge < -0.3 is 19.6 Å². The Hall–Kier alpha value is -2.99. The standard InChI is InChI=1S/C18H18F5N5O3/c1-2-10(14(30)28-6-5-16(8-28)7-17(16,19)20)24-15-27-26-13(31-15)9-3-4-11(18(21,22)23)25-12(9)29/h3-4,10H,2,5-8H2,1H3,(H,24,27)(H,25,29)/t10-,16-/m1/s1. The lowest BCUT2D eigenvalue weighted by atomic mass is 10.1. The fraction of sp³-hybridized carbons (Fsp3) is 0.556. The van der Waals surface area contributed by atoms with Crippen LogP contribution in [0.2, 0.25) is 0 Å². The highest BCUT2D eigenvalue weighted by atomic mass is 19.4. The van der Waals surface area contributed by atoms with E-state index in [-0.39, 0.29) is 49.8 Å². The van der Waals surface area contributed by atoms with Crippen molar-refractivity contribution in [3.63, 3.8) is 0 Å². The Morgan fingerprint density at radius 1 is 1.35 bits per heavy atom. The second-order valence-electron chi connectivity index (χ2n) is 7.80. The van der Waals surface area contributed by atoms with Crippen molar-refractivity contribution < 1.29 is 31.2 Å². The predicted octanol–water partition coefficient (Wildman–Crippen LogP) is 2.89. The number of hydrogen-bond acceptors (Lipinski definition) is 6. The molecule has 3 heterocycles. The second kappa shape index (κ2) is 7.02. The Kier molecular flexibility index (Phi) is 4.81. The number of likely N-dealkylation sites (tertiary alicyclic amines) is 1. The average molecular weight is 447 g/mol. The lowest BCUT2D eigenvalue weighted by molar-refractivity contribution is -0.141. The highest BCUT2D eigenvalue weighted by molar-refractivity contribution is 5.84. The summed E-state index contributed by atoms with van der Waals surface area (Å²) in [6.45, 7) is 1.90. The lowest BCUT2D eigenvalue weighted by Gasteiger charge is -2.22. The number of carbonyl (C=O) groups excluding carboxylic acids is 1. The van der Waals surface area contributed by atoms with E-state index in [9.17, 15) is 31.5 Å². The lowest BCUT2D eigenvalue weighted by Crippen LogP contribution is -2.42. The van der Waals surface area contributed by atoms with E-state index in [1.165, 1.54) is 4.90 Å². The minimum absolute atomic E-state index is 0.0208. The molecule has 1 spiro atoms. The van der Waals surface area contributed by atoms with E-state index in [2.05, 4.69) is 15.5 Å². The third-order valence-corrected chi connectivity index (χ3v) is 5.75. The van der Waals surface area contributed by atoms with Gasteiger partial charge in [0.15, 0.2) is 0 Å². The highest BCUT2D eigenvalue weighted by Crippen LogP contribution is 2.65. The van der Waals surface area contributed by atoms with E-state index in [4.69, 9.17) is 4.42 Å². The minimum atomic E-state index is -4.72. The van der Waals surface area contributed by atoms with Crippen LogP contribution >= 0.6 is 0 Å². The first-order valence-electron chi connectivity index (χ1n) is 9.53. The van der Waals surface area contributed by atoms with E-state index in [1.807, 2.05) is 0 Å². The molecule has 1 aliphatic heterocycles. The summed E-state index contributed by atoms with van der Waals surface area (Å²) in [6.07, 6.45) is -4.41. The number of anilines is 1. The molecule has 1 saturated carbocycles. The normalized spacial score (nSPS) is 23.2. The maximum Gasteiger partial charge on any atom is 0.431 e. The van der Waals surface area contributed by atoms with E-state index < -0.39 is 40.7 Å². The van der Waals surface area contributed by atoms with E-state index in [0.717, 1.165) is 6.07 Å². The average Bonchev–Trinajstić information content (AvgIpc) is 3.07. The van der Waals surface area contributed by atoms with Crippen LogP contribution in [0.4, 0.5) is 28.0 Å². The summed E-state index contributed by atoms with van der Waals surface area (Å²) in [4.78, 5) is 27.8. The molecule has 2 aromatic rings. The predicted molar refractivity (Wildman–Crippen MR) is 96.3 cm³/mol. The number of hydrogen-bond donors (Lipinski definition) is 2. The SMILES string of the molecule is CC[C@@H](Nc1nnc(-c2ccc(C(F)(F)F)[nH]c2=O)o1)C(=O)N1CC[C@]2(C1)CC2(F)F. The Morgan fingerprint density at radius 2 is 2.06 bits per heavy atom. The third kappa shape index (κ3) is 3.76. The summed E-state index contributed by atoms with van der Waals surface area (Å²) in [5.74, 6) is -3.47. The van der Waals surface area contributed by atoms with Crippen LogP contribution in [0.25, 0.3) is 11.5 Å². The number of nitrogens with one attached hydrogen (secondary N) is 2. The van der Waals surface area contributed by atoms with Crippen molar-refractivity contribution in [1.82, 2.24) is 20.1 Å². The van der Waals surface area contributed by atoms with E-state index in [0.29, 0.717) is 6.07 Å². The zero-order chi connectivity index (χ0) is 22.6. The smallest absolute Gasteiger partial charge is 0.403 e. The molecule has 4 rings (SSSR count). The second-order valence-corrected chi connectivity index (χ2v) is 7.80. The van der Waals surface area contributed by atoms with Gasteiger partial charge in [-0.05, 0) is 25.0 Å². The number of pyridine rings is 1. The molecular formula is C18H18F5N5O3. The number of H-pyrrole nitrogens is 1. The van der Waals surface area contributed by atoms with Gasteiger partial charge in [0.2, 0.25) is 5.91 Å². The number of halogens is 5. The van der Waals surface area contributed by atoms with Gasteiger partial charge in [0.05, 0.1) is 5.41 Å². The molecule has 168 valence electrons. The molecule has 0 bridgehead atoms. The molecule has 1 amide bonds. The zero-order valence-corrected chi connectivity index (χ0v) is 16.2. The van der Waals surface area contributed by atoms with Gasteiger partial charge in [-0.25, -0.2) is 8.78 Å². The van der Waals surface area contributed by atoms with Gasteiger partial charge in [0.1, 0.15) is 17.3 Å². The van der Waals surface area contributed by atoms with Crippen LogP contribution in [0.3, 0.4) is 0 Å². The number of rotatable bonds is 5. The molecule has 31 heavy (non-hydrogen) atoms. The van der Waals surface area contributed by atoms with Gasteiger partial charge >= 0.3 is 12.2 Å². The molecule has 13 heteroatoms. The summed E-state index contributed by atoms with van der Waals surface area (Å²) in [6, 6.07) is 0.520. The summed E-state index contributed by atoms with van der Waals surface area (Å²) in [5, 5.41) is 10.0. The van der Waals surface area contributed by atoms with Crippen LogP contribution in [0.1, 0.15) is 31.9 Å². The molecule has 0 unspecified atom stereocenters. The highest BCUT2D eigenvalue weighted by Gasteiger charge is 2.73. The number of aromatic amines is 1. The third-order valence-electron chi connectivity index (χ3n) is 5.75. The van der Waals surface area contributed by atoms with Gasteiger partial charge in [0, 0.05) is 19.5 Å². The zero-order valence-electron chi connectivity index (χ0n) is 16.2. The van der Waals surface area contributed by atoms with Crippen molar-refractivity contribution in [2.45, 2.75) is 44.3 Å². The van der Waals surface area contributed by atoms with Gasteiger partial charge in [-0.1, -0.05) is 12.0 Å². The van der Waals surface area contributed by atoms with Gasteiger partial charge in [-0.2, -0.15) is 13.2 Å². The monoisotopic (exact) mass is 447 g/mol. The molecule has 1 aliphatic carbocycles. The van der Waals surface area contributed by atoms with Gasteiger partial charge in [0.25, 0.3) is 17.4 Å². The van der Waals surface area contributed by atoms with Crippen LogP contribution in [-0.2, 0) is 11.0 Å². The van der Waals surface area contributed by atoms with E-state index >= 15 is 0 Å². The number of carbonyl (C=O) groups is 1. The fourth-order valence-corrected chi connectivity index (χ4v) is 3.79. The van der Waals surface area contributed by atoms with E-state index in [1.54, 1.807) is 11.9 Å². The Morgan fingerprint density at radius 3 is 2.61 bits per heavy atom. The summed E-state index contributed by atoms with van der Waals surface area (Å²) >= 11 is 0. The van der Waals surface area contributed by atoms with Crippen LogP contribution in [0.5, 0.6) is 0 Å². The quantitative estimate of drug-likeness (QED) is 0.684. The van der Waals surface area contributed by atoms with Crippen molar-refractivity contribution in [1.29, 1.82) is 0 Å². The van der Waals surface area contributed by atoms with Crippen molar-refractivity contribution in [3.8, 4) is 11.5 Å². The molecule has 0 radical (unpaired) electrons. The summed E-state index contributed by atoms with van der Waals surface area (Å²) in [7, 11) is 0. The Bertz CT molecular complexity index is 1070. The molecule has 2 aliphatic rings. The van der Waals surface area contributed by atoms with Crippen molar-refractivity contribution in [2.24, 2.45) is 5.41 Å². The molecular weight excluding hydrogens is 429 g/mol. The number of amides is 1. The van der Waals surface area contributed by atoms with Crippen LogP contribution < -0.4 is 10.9 Å². The first-order valence-corrected chi connectivity index (χ1v) is 9.53. The molecule has 2 N–H and O–H groups in total. The van der Waals surface area contributed by atoms with Crippen molar-refractivity contribution >= 4 is 11.9 Å². The number of alkyl halides is 5. The molecule has 8 nitrogen and oxygen atoms in total. The Labute approximate surface area is 171 Å². The van der Waals surface area contributed by atoms with Crippen LogP contribution in [0.15, 0.2) is 21.3 Å². The maximum atomic E-state index is 13.6. The number of nitrogens with zero attached hydrogens (tertiary/aromatic N) is 3. The largest absolute Gasteiger partial charge is 0.431 e. The molecule has 2 fully saturated rings. The van der Waals surface area contributed by atoms with Crippen molar-refractivity contribution in [2.75, 3.05) is 18.4 Å². The van der Waals surface area contributed by atoms with Gasteiger partial charge in [-0.15, -0.1) is 5.10 Å². The summed E-state index contributed by atoms with van der Waals surface area (Å²) < 4.78 is 70.5. The maximum absolute atomic E-state index is 13.6. The molecule has 1 saturated heterocycles. The van der Waals surface area contributed by atoms with Crippen LogP contribution in [-0.4, -0.2) is 51.0 Å². The molecule has 2 atom stereocenters. The minimum Gasteiger partial charge on any atom is -0.403 e. The van der Waals surface area contributed by atoms with Gasteiger partial charge in [-0.3, -0.25) is 9.59 Å². The molecule has 2 aromatic heterocycles. The van der Waals surface area contributed by atoms with Crippen LogP contribution in [0, 0.1) is 5.41 Å². The Balaban J connectivity index is 1.46.